The van der Waals surface area contributed by atoms with Crippen molar-refractivity contribution in [1.29, 1.82) is 0 Å². The molecule has 1 heterocycles. The Morgan fingerprint density at radius 1 is 0.974 bits per heavy atom. The molecule has 10 heteroatoms. The Morgan fingerprint density at radius 3 is 2.10 bits per heavy atom. The van der Waals surface area contributed by atoms with Crippen LogP contribution < -0.4 is 4.90 Å². The van der Waals surface area contributed by atoms with Gasteiger partial charge in [-0.15, -0.1) is 0 Å². The van der Waals surface area contributed by atoms with Gasteiger partial charge in [0, 0.05) is 36.8 Å². The van der Waals surface area contributed by atoms with E-state index in [2.05, 4.69) is 18.7 Å². The second-order valence-corrected chi connectivity index (χ2v) is 14.1. The van der Waals surface area contributed by atoms with E-state index < -0.39 is 10.0 Å². The van der Waals surface area contributed by atoms with E-state index in [-0.39, 0.29) is 22.6 Å². The van der Waals surface area contributed by atoms with Crippen LogP contribution in [0.15, 0.2) is 41.3 Å². The number of thiazole rings is 1. The smallest absolute Gasteiger partial charge is 0.260 e. The van der Waals surface area contributed by atoms with E-state index in [4.69, 9.17) is 16.6 Å². The number of carbonyl (C=O) groups excluding carboxylic acids is 1. The van der Waals surface area contributed by atoms with Crippen LogP contribution in [0.2, 0.25) is 5.02 Å². The first-order valence-electron chi connectivity index (χ1n) is 13.6. The van der Waals surface area contributed by atoms with E-state index in [1.165, 1.54) is 11.3 Å². The van der Waals surface area contributed by atoms with Crippen molar-refractivity contribution in [3.63, 3.8) is 0 Å². The zero-order chi connectivity index (χ0) is 28.9. The van der Waals surface area contributed by atoms with Gasteiger partial charge in [-0.1, -0.05) is 64.5 Å². The molecule has 1 amide bonds. The minimum atomic E-state index is -3.68. The molecule has 3 aromatic rings. The first-order chi connectivity index (χ1) is 18.4. The summed E-state index contributed by atoms with van der Waals surface area (Å²) >= 11 is 7.71. The van der Waals surface area contributed by atoms with Crippen LogP contribution in [0.5, 0.6) is 0 Å². The number of likely N-dealkylation sites (N-methyl/N-ethyl adjacent to an activating group) is 1. The van der Waals surface area contributed by atoms with Gasteiger partial charge in [-0.2, -0.15) is 4.31 Å². The summed E-state index contributed by atoms with van der Waals surface area (Å²) in [7, 11) is -3.68. The highest BCUT2D eigenvalue weighted by molar-refractivity contribution is 7.89. The van der Waals surface area contributed by atoms with Crippen LogP contribution in [0.25, 0.3) is 10.2 Å². The Bertz CT molecular complexity index is 1360. The highest BCUT2D eigenvalue weighted by atomic mass is 35.5. The molecule has 214 valence electrons. The maximum atomic E-state index is 13.8. The monoisotopic (exact) mass is 592 g/mol. The molecule has 2 aromatic carbocycles. The number of sulfonamides is 1. The number of fused-ring (bicyclic) bond motifs is 1. The van der Waals surface area contributed by atoms with Crippen LogP contribution >= 0.6 is 22.9 Å². The third kappa shape index (κ3) is 7.79. The third-order valence-electron chi connectivity index (χ3n) is 6.53. The van der Waals surface area contributed by atoms with Crippen LogP contribution in [-0.2, 0) is 10.0 Å². The first kappa shape index (κ1) is 31.5. The predicted molar refractivity (Wildman–Crippen MR) is 164 cm³/mol. The molecule has 0 bridgehead atoms. The number of amides is 1. The number of anilines is 1. The molecule has 1 aromatic heterocycles. The lowest BCUT2D eigenvalue weighted by Gasteiger charge is -2.26. The Labute approximate surface area is 242 Å². The number of nitrogens with zero attached hydrogens (tertiary/aromatic N) is 4. The summed E-state index contributed by atoms with van der Waals surface area (Å²) in [5, 5.41) is 1.24. The van der Waals surface area contributed by atoms with Crippen LogP contribution in [0.4, 0.5) is 5.13 Å². The van der Waals surface area contributed by atoms with Crippen molar-refractivity contribution < 1.29 is 13.2 Å². The lowest BCUT2D eigenvalue weighted by molar-refractivity contribution is 0.0983. The summed E-state index contributed by atoms with van der Waals surface area (Å²) in [6.45, 7) is 18.0. The van der Waals surface area contributed by atoms with Crippen LogP contribution in [0.1, 0.15) is 57.5 Å². The zero-order valence-electron chi connectivity index (χ0n) is 24.1. The van der Waals surface area contributed by atoms with Gasteiger partial charge in [0.25, 0.3) is 5.91 Å². The lowest BCUT2D eigenvalue weighted by atomic mass is 10.2. The maximum absolute atomic E-state index is 13.8. The van der Waals surface area contributed by atoms with Crippen molar-refractivity contribution in [3.05, 3.63) is 52.5 Å². The van der Waals surface area contributed by atoms with Crippen molar-refractivity contribution in [1.82, 2.24) is 14.2 Å². The molecule has 0 radical (unpaired) electrons. The molecule has 0 aliphatic rings. The average Bonchev–Trinajstić information content (AvgIpc) is 3.29. The largest absolute Gasteiger partial charge is 0.302 e. The van der Waals surface area contributed by atoms with Crippen molar-refractivity contribution in [2.75, 3.05) is 44.2 Å². The van der Waals surface area contributed by atoms with Gasteiger partial charge < -0.3 is 4.90 Å². The minimum absolute atomic E-state index is 0.195. The summed E-state index contributed by atoms with van der Waals surface area (Å²) in [6.07, 6.45) is 0. The van der Waals surface area contributed by atoms with Crippen molar-refractivity contribution in [3.8, 4) is 0 Å². The number of hydrogen-bond donors (Lipinski definition) is 0. The van der Waals surface area contributed by atoms with Crippen LogP contribution in [-0.4, -0.2) is 67.8 Å². The number of aromatic nitrogens is 1. The zero-order valence-corrected chi connectivity index (χ0v) is 26.5. The number of benzene rings is 2. The second-order valence-electron chi connectivity index (χ2n) is 10.7. The van der Waals surface area contributed by atoms with Gasteiger partial charge in [0.05, 0.1) is 15.1 Å². The molecule has 0 N–H and O–H groups in total. The standard InChI is InChI=1S/C29H41ClN4O3S2/c1-8-32(9-2)14-15-34(29-31-27-22(7)16-24(30)17-26(27)38-29)28(35)23-10-12-25(13-11-23)39(36,37)33(18-20(3)4)19-21(5)6/h10-13,16-17,20-21H,8-9,14-15,18-19H2,1-7H3. The molecule has 0 aliphatic heterocycles. The Kier molecular flexibility index (Phi) is 10.9. The molecule has 0 unspecified atom stereocenters. The lowest BCUT2D eigenvalue weighted by Crippen LogP contribution is -2.39. The molecule has 0 aliphatic carbocycles. The summed E-state index contributed by atoms with van der Waals surface area (Å²) in [5.74, 6) is 0.187. The molecule has 0 fully saturated rings. The van der Waals surface area contributed by atoms with E-state index in [9.17, 15) is 13.2 Å². The highest BCUT2D eigenvalue weighted by Gasteiger charge is 2.27. The number of rotatable bonds is 13. The number of aryl methyl sites for hydroxylation is 1. The summed E-state index contributed by atoms with van der Waals surface area (Å²) in [5.41, 5.74) is 2.21. The Hall–Kier alpha value is -2.04. The van der Waals surface area contributed by atoms with Crippen LogP contribution in [0, 0.1) is 18.8 Å². The topological polar surface area (TPSA) is 73.8 Å². The Balaban J connectivity index is 1.96. The maximum Gasteiger partial charge on any atom is 0.260 e. The second kappa shape index (κ2) is 13.5. The average molecular weight is 593 g/mol. The molecular formula is C29H41ClN4O3S2. The van der Waals surface area contributed by atoms with E-state index in [0.717, 1.165) is 28.9 Å². The number of hydrogen-bond acceptors (Lipinski definition) is 6. The van der Waals surface area contributed by atoms with Crippen LogP contribution in [0.3, 0.4) is 0 Å². The summed E-state index contributed by atoms with van der Waals surface area (Å²) in [4.78, 5) is 22.8. The highest BCUT2D eigenvalue weighted by Crippen LogP contribution is 2.34. The minimum Gasteiger partial charge on any atom is -0.302 e. The predicted octanol–water partition coefficient (Wildman–Crippen LogP) is 6.55. The molecular weight excluding hydrogens is 552 g/mol. The van der Waals surface area contributed by atoms with E-state index in [1.807, 2.05) is 46.8 Å². The van der Waals surface area contributed by atoms with Gasteiger partial charge in [0.1, 0.15) is 0 Å². The Morgan fingerprint density at radius 2 is 1.56 bits per heavy atom. The fraction of sp³-hybridized carbons (Fsp3) is 0.517. The van der Waals surface area contributed by atoms with E-state index in [0.29, 0.717) is 41.9 Å². The quantitative estimate of drug-likeness (QED) is 0.225. The SMILES string of the molecule is CCN(CC)CCN(C(=O)c1ccc(S(=O)(=O)N(CC(C)C)CC(C)C)cc1)c1nc2c(C)cc(Cl)cc2s1. The van der Waals surface area contributed by atoms with Gasteiger partial charge in [-0.3, -0.25) is 9.69 Å². The molecule has 0 saturated heterocycles. The van der Waals surface area contributed by atoms with Gasteiger partial charge >= 0.3 is 0 Å². The summed E-state index contributed by atoms with van der Waals surface area (Å²) < 4.78 is 29.4. The van der Waals surface area contributed by atoms with Gasteiger partial charge in [0.2, 0.25) is 10.0 Å². The number of halogens is 1. The molecule has 39 heavy (non-hydrogen) atoms. The fourth-order valence-electron chi connectivity index (χ4n) is 4.48. The first-order valence-corrected chi connectivity index (χ1v) is 16.2. The molecule has 0 spiro atoms. The number of carbonyl (C=O) groups is 1. The molecule has 3 rings (SSSR count). The molecule has 0 atom stereocenters. The van der Waals surface area contributed by atoms with Crippen molar-refractivity contribution in [2.45, 2.75) is 53.4 Å². The van der Waals surface area contributed by atoms with E-state index >= 15 is 0 Å². The summed E-state index contributed by atoms with van der Waals surface area (Å²) in [6, 6.07) is 10.0. The normalized spacial score (nSPS) is 12.4. The van der Waals surface area contributed by atoms with E-state index in [1.54, 1.807) is 33.5 Å². The third-order valence-corrected chi connectivity index (χ3v) is 9.62. The van der Waals surface area contributed by atoms with Gasteiger partial charge in [0.15, 0.2) is 5.13 Å². The van der Waals surface area contributed by atoms with Gasteiger partial charge in [-0.25, -0.2) is 13.4 Å². The fourth-order valence-corrected chi connectivity index (χ4v) is 7.69. The van der Waals surface area contributed by atoms with Crippen molar-refractivity contribution in [2.24, 2.45) is 11.8 Å². The van der Waals surface area contributed by atoms with Crippen molar-refractivity contribution >= 4 is 54.2 Å². The molecule has 0 saturated carbocycles. The van der Waals surface area contributed by atoms with Gasteiger partial charge in [-0.05, 0) is 73.8 Å². The molecule has 7 nitrogen and oxygen atoms in total.